The molecular formula is C19H39N5O. The van der Waals surface area contributed by atoms with E-state index >= 15 is 0 Å². The number of likely N-dealkylation sites (N-methyl/N-ethyl adjacent to an activating group) is 1. The molecule has 1 rings (SSSR count). The zero-order valence-electron chi connectivity index (χ0n) is 17.0. The molecule has 1 heterocycles. The molecule has 0 aromatic carbocycles. The number of carbonyl (C=O) groups is 1. The van der Waals surface area contributed by atoms with E-state index in [4.69, 9.17) is 4.99 Å². The van der Waals surface area contributed by atoms with Crippen molar-refractivity contribution in [2.24, 2.45) is 10.9 Å². The number of nitrogens with one attached hydrogen (secondary N) is 2. The molecule has 0 aromatic rings. The van der Waals surface area contributed by atoms with E-state index in [0.29, 0.717) is 5.92 Å². The first-order chi connectivity index (χ1) is 12.0. The van der Waals surface area contributed by atoms with Crippen LogP contribution < -0.4 is 10.6 Å². The lowest BCUT2D eigenvalue weighted by atomic mass is 10.0. The summed E-state index contributed by atoms with van der Waals surface area (Å²) in [5.74, 6) is 1.82. The van der Waals surface area contributed by atoms with Crippen LogP contribution in [0.5, 0.6) is 0 Å². The van der Waals surface area contributed by atoms with Crippen LogP contribution in [0.15, 0.2) is 4.99 Å². The number of amides is 1. The maximum atomic E-state index is 12.2. The summed E-state index contributed by atoms with van der Waals surface area (Å²) in [7, 11) is 3.69. The summed E-state index contributed by atoms with van der Waals surface area (Å²) in [5, 5.41) is 6.75. The molecule has 1 fully saturated rings. The summed E-state index contributed by atoms with van der Waals surface area (Å²) in [5.41, 5.74) is 0. The fourth-order valence-corrected chi connectivity index (χ4v) is 3.27. The van der Waals surface area contributed by atoms with Gasteiger partial charge in [0.2, 0.25) is 5.91 Å². The maximum absolute atomic E-state index is 12.2. The number of nitrogens with zero attached hydrogens (tertiary/aromatic N) is 3. The summed E-state index contributed by atoms with van der Waals surface area (Å²) in [6.07, 6.45) is 5.49. The van der Waals surface area contributed by atoms with Gasteiger partial charge in [0.15, 0.2) is 5.96 Å². The normalized spacial score (nSPS) is 18.6. The summed E-state index contributed by atoms with van der Waals surface area (Å²) in [6, 6.07) is 0.0757. The summed E-state index contributed by atoms with van der Waals surface area (Å²) >= 11 is 0. The van der Waals surface area contributed by atoms with Crippen molar-refractivity contribution in [1.29, 1.82) is 0 Å². The molecule has 0 radical (unpaired) electrons. The minimum Gasteiger partial charge on any atom is -0.357 e. The molecule has 146 valence electrons. The third-order valence-electron chi connectivity index (χ3n) is 5.01. The Morgan fingerprint density at radius 3 is 2.56 bits per heavy atom. The third-order valence-corrected chi connectivity index (χ3v) is 5.01. The number of hydrogen-bond donors (Lipinski definition) is 2. The molecule has 0 bridgehead atoms. The Morgan fingerprint density at radius 2 is 1.96 bits per heavy atom. The summed E-state index contributed by atoms with van der Waals surface area (Å²) in [4.78, 5) is 21.0. The van der Waals surface area contributed by atoms with Crippen molar-refractivity contribution in [2.75, 3.05) is 46.8 Å². The Kier molecular flexibility index (Phi) is 10.5. The Balaban J connectivity index is 2.38. The van der Waals surface area contributed by atoms with Crippen LogP contribution in [0.1, 0.15) is 52.9 Å². The lowest BCUT2D eigenvalue weighted by Crippen LogP contribution is -2.44. The highest BCUT2D eigenvalue weighted by atomic mass is 16.2. The molecule has 0 saturated carbocycles. The van der Waals surface area contributed by atoms with E-state index in [2.05, 4.69) is 36.3 Å². The minimum atomic E-state index is 0.0757. The van der Waals surface area contributed by atoms with Gasteiger partial charge in [-0.15, -0.1) is 0 Å². The number of aliphatic imine (C=N–C) groups is 1. The molecule has 1 unspecified atom stereocenters. The van der Waals surface area contributed by atoms with Gasteiger partial charge in [-0.25, -0.2) is 0 Å². The second-order valence-corrected chi connectivity index (χ2v) is 7.11. The van der Waals surface area contributed by atoms with Gasteiger partial charge in [0, 0.05) is 40.3 Å². The van der Waals surface area contributed by atoms with Gasteiger partial charge in [0.1, 0.15) is 0 Å². The van der Waals surface area contributed by atoms with Gasteiger partial charge in [-0.05, 0) is 38.6 Å². The molecule has 0 aromatic heterocycles. The van der Waals surface area contributed by atoms with E-state index < -0.39 is 0 Å². The molecule has 2 N–H and O–H groups in total. The van der Waals surface area contributed by atoms with Crippen LogP contribution in [-0.4, -0.2) is 74.5 Å². The quantitative estimate of drug-likeness (QED) is 0.358. The monoisotopic (exact) mass is 353 g/mol. The first-order valence-electron chi connectivity index (χ1n) is 10.0. The van der Waals surface area contributed by atoms with E-state index in [1.807, 2.05) is 14.1 Å². The largest absolute Gasteiger partial charge is 0.357 e. The van der Waals surface area contributed by atoms with Crippen molar-refractivity contribution in [3.63, 3.8) is 0 Å². The van der Waals surface area contributed by atoms with Gasteiger partial charge in [-0.3, -0.25) is 14.7 Å². The standard InChI is InChI=1S/C19H39N5O/c1-6-16(7-2)15-22-19(20-8-3)21-12-10-14-24-13-9-11-17(24)18(25)23(4)5/h16-17H,6-15H2,1-5H3,(H2,20,21,22). The highest BCUT2D eigenvalue weighted by molar-refractivity contribution is 5.81. The van der Waals surface area contributed by atoms with Gasteiger partial charge in [0.25, 0.3) is 0 Å². The molecule has 1 aliphatic rings. The Hall–Kier alpha value is -1.30. The van der Waals surface area contributed by atoms with Crippen LogP contribution >= 0.6 is 0 Å². The topological polar surface area (TPSA) is 60.0 Å². The van der Waals surface area contributed by atoms with Crippen LogP contribution in [0.2, 0.25) is 0 Å². The molecule has 0 spiro atoms. The van der Waals surface area contributed by atoms with Crippen molar-refractivity contribution in [3.05, 3.63) is 0 Å². The highest BCUT2D eigenvalue weighted by Crippen LogP contribution is 2.18. The van der Waals surface area contributed by atoms with Gasteiger partial charge < -0.3 is 15.5 Å². The third kappa shape index (κ3) is 7.63. The molecule has 6 nitrogen and oxygen atoms in total. The molecule has 0 aliphatic carbocycles. The van der Waals surface area contributed by atoms with E-state index in [0.717, 1.165) is 57.9 Å². The number of hydrogen-bond acceptors (Lipinski definition) is 3. The Morgan fingerprint density at radius 1 is 1.24 bits per heavy atom. The molecular weight excluding hydrogens is 314 g/mol. The van der Waals surface area contributed by atoms with E-state index in [-0.39, 0.29) is 11.9 Å². The van der Waals surface area contributed by atoms with E-state index in [1.165, 1.54) is 12.8 Å². The van der Waals surface area contributed by atoms with Crippen LogP contribution in [-0.2, 0) is 4.79 Å². The first kappa shape index (κ1) is 21.7. The zero-order chi connectivity index (χ0) is 18.7. The van der Waals surface area contributed by atoms with Gasteiger partial charge in [-0.2, -0.15) is 0 Å². The van der Waals surface area contributed by atoms with Crippen LogP contribution in [0, 0.1) is 5.92 Å². The molecule has 25 heavy (non-hydrogen) atoms. The van der Waals surface area contributed by atoms with Crippen molar-refractivity contribution in [3.8, 4) is 0 Å². The average Bonchev–Trinajstić information content (AvgIpc) is 3.06. The van der Waals surface area contributed by atoms with Gasteiger partial charge >= 0.3 is 0 Å². The lowest BCUT2D eigenvalue weighted by Gasteiger charge is -2.26. The smallest absolute Gasteiger partial charge is 0.239 e. The second-order valence-electron chi connectivity index (χ2n) is 7.11. The second kappa shape index (κ2) is 12.1. The molecule has 1 saturated heterocycles. The average molecular weight is 354 g/mol. The lowest BCUT2D eigenvalue weighted by molar-refractivity contribution is -0.133. The van der Waals surface area contributed by atoms with Gasteiger partial charge in [-0.1, -0.05) is 26.7 Å². The Bertz CT molecular complexity index is 407. The fraction of sp³-hybridized carbons (Fsp3) is 0.895. The van der Waals surface area contributed by atoms with Crippen LogP contribution in [0.25, 0.3) is 0 Å². The van der Waals surface area contributed by atoms with E-state index in [1.54, 1.807) is 4.90 Å². The van der Waals surface area contributed by atoms with Crippen molar-refractivity contribution in [1.82, 2.24) is 20.4 Å². The Labute approximate surface area is 154 Å². The molecule has 1 aliphatic heterocycles. The number of rotatable bonds is 10. The number of likely N-dealkylation sites (tertiary alicyclic amines) is 1. The van der Waals surface area contributed by atoms with Crippen molar-refractivity contribution in [2.45, 2.75) is 58.9 Å². The van der Waals surface area contributed by atoms with Gasteiger partial charge in [0.05, 0.1) is 6.04 Å². The highest BCUT2D eigenvalue weighted by Gasteiger charge is 2.30. The SMILES string of the molecule is CCNC(=NCC(CC)CC)NCCCN1CCCC1C(=O)N(C)C. The van der Waals surface area contributed by atoms with Crippen LogP contribution in [0.4, 0.5) is 0 Å². The fourth-order valence-electron chi connectivity index (χ4n) is 3.27. The maximum Gasteiger partial charge on any atom is 0.239 e. The molecule has 1 amide bonds. The summed E-state index contributed by atoms with van der Waals surface area (Å²) < 4.78 is 0. The summed E-state index contributed by atoms with van der Waals surface area (Å²) in [6.45, 7) is 11.2. The van der Waals surface area contributed by atoms with Crippen molar-refractivity contribution < 1.29 is 4.79 Å². The van der Waals surface area contributed by atoms with E-state index in [9.17, 15) is 4.79 Å². The molecule has 6 heteroatoms. The zero-order valence-corrected chi connectivity index (χ0v) is 17.0. The molecule has 1 atom stereocenters. The predicted octanol–water partition coefficient (Wildman–Crippen LogP) is 1.92. The van der Waals surface area contributed by atoms with Crippen molar-refractivity contribution >= 4 is 11.9 Å². The number of carbonyl (C=O) groups excluding carboxylic acids is 1. The minimum absolute atomic E-state index is 0.0757. The number of guanidine groups is 1. The predicted molar refractivity (Wildman–Crippen MR) is 106 cm³/mol. The first-order valence-corrected chi connectivity index (χ1v) is 10.0. The van der Waals surface area contributed by atoms with Crippen LogP contribution in [0.3, 0.4) is 0 Å².